The van der Waals surface area contributed by atoms with Crippen LogP contribution in [0.2, 0.25) is 0 Å². The predicted molar refractivity (Wildman–Crippen MR) is 126 cm³/mol. The van der Waals surface area contributed by atoms with Gasteiger partial charge in [-0.15, -0.1) is 0 Å². The van der Waals surface area contributed by atoms with E-state index in [0.29, 0.717) is 12.2 Å². The number of ketones is 1. The standard InChI is InChI=1S/C27H24N2O4/c1-31-19-6-4-5-16(11-19)18-12-22-26(23(30)13-18)27(29-21-8-3-2-7-20(21)28-22)17-9-10-24-25(14-17)33-15-32-24/h2-11,14,18,27-29H,12-13,15H2,1H3/t18-,27+/m1/s1. The van der Waals surface area contributed by atoms with Crippen LogP contribution < -0.4 is 24.8 Å². The first-order valence-corrected chi connectivity index (χ1v) is 11.1. The van der Waals surface area contributed by atoms with Gasteiger partial charge in [0.1, 0.15) is 5.75 Å². The molecule has 3 aromatic rings. The molecule has 0 aromatic heterocycles. The highest BCUT2D eigenvalue weighted by atomic mass is 16.7. The zero-order valence-electron chi connectivity index (χ0n) is 18.3. The van der Waals surface area contributed by atoms with E-state index in [4.69, 9.17) is 14.2 Å². The summed E-state index contributed by atoms with van der Waals surface area (Å²) in [4.78, 5) is 13.7. The molecule has 2 atom stereocenters. The molecule has 0 spiro atoms. The second-order valence-corrected chi connectivity index (χ2v) is 8.56. The van der Waals surface area contributed by atoms with Crippen LogP contribution in [0.25, 0.3) is 0 Å². The number of allylic oxidation sites excluding steroid dienone is 1. The molecule has 6 rings (SSSR count). The van der Waals surface area contributed by atoms with Gasteiger partial charge in [-0.1, -0.05) is 30.3 Å². The Kier molecular flexibility index (Phi) is 4.72. The van der Waals surface area contributed by atoms with Crippen molar-refractivity contribution in [3.05, 3.63) is 89.1 Å². The summed E-state index contributed by atoms with van der Waals surface area (Å²) in [5.74, 6) is 2.47. The van der Waals surface area contributed by atoms with Crippen LogP contribution in [0.3, 0.4) is 0 Å². The maximum atomic E-state index is 13.7. The molecule has 6 heteroatoms. The molecule has 2 N–H and O–H groups in total. The molecule has 0 amide bonds. The number of carbonyl (C=O) groups is 1. The van der Waals surface area contributed by atoms with Crippen LogP contribution in [0.15, 0.2) is 78.0 Å². The maximum absolute atomic E-state index is 13.7. The van der Waals surface area contributed by atoms with Crippen molar-refractivity contribution >= 4 is 17.2 Å². The lowest BCUT2D eigenvalue weighted by molar-refractivity contribution is -0.116. The molecule has 3 aliphatic rings. The Balaban J connectivity index is 1.44. The molecule has 1 aliphatic carbocycles. The number of benzene rings is 3. The summed E-state index contributed by atoms with van der Waals surface area (Å²) in [6, 6.07) is 21.7. The van der Waals surface area contributed by atoms with Crippen molar-refractivity contribution in [3.63, 3.8) is 0 Å². The fraction of sp³-hybridized carbons (Fsp3) is 0.222. The van der Waals surface area contributed by atoms with Crippen molar-refractivity contribution in [1.29, 1.82) is 0 Å². The van der Waals surface area contributed by atoms with Crippen LogP contribution in [0.1, 0.15) is 35.9 Å². The Hall–Kier alpha value is -3.93. The number of ether oxygens (including phenoxy) is 3. The number of Topliss-reactive ketones (excluding diaryl/α,β-unsaturated/α-hetero) is 1. The number of anilines is 2. The third-order valence-corrected chi connectivity index (χ3v) is 6.60. The number of para-hydroxylation sites is 2. The molecule has 3 aromatic carbocycles. The summed E-state index contributed by atoms with van der Waals surface area (Å²) in [5.41, 5.74) is 5.75. The van der Waals surface area contributed by atoms with Crippen LogP contribution in [0, 0.1) is 0 Å². The average Bonchev–Trinajstić information content (AvgIpc) is 3.24. The lowest BCUT2D eigenvalue weighted by Crippen LogP contribution is -2.26. The van der Waals surface area contributed by atoms with E-state index in [-0.39, 0.29) is 24.5 Å². The molecule has 166 valence electrons. The van der Waals surface area contributed by atoms with Crippen LogP contribution in [-0.4, -0.2) is 19.7 Å². The van der Waals surface area contributed by atoms with Crippen molar-refractivity contribution in [2.24, 2.45) is 0 Å². The van der Waals surface area contributed by atoms with Gasteiger partial charge in [0.2, 0.25) is 6.79 Å². The number of carbonyl (C=O) groups excluding carboxylic acids is 1. The van der Waals surface area contributed by atoms with Gasteiger partial charge < -0.3 is 24.8 Å². The Morgan fingerprint density at radius 2 is 1.73 bits per heavy atom. The molecular formula is C27H24N2O4. The van der Waals surface area contributed by atoms with Gasteiger partial charge in [-0.2, -0.15) is 0 Å². The van der Waals surface area contributed by atoms with Gasteiger partial charge in [0.15, 0.2) is 17.3 Å². The van der Waals surface area contributed by atoms with Crippen LogP contribution in [0.4, 0.5) is 11.4 Å². The number of nitrogens with one attached hydrogen (secondary N) is 2. The molecular weight excluding hydrogens is 416 g/mol. The van der Waals surface area contributed by atoms with Crippen molar-refractivity contribution < 1.29 is 19.0 Å². The maximum Gasteiger partial charge on any atom is 0.231 e. The molecule has 0 saturated carbocycles. The first kappa shape index (κ1) is 19.7. The Morgan fingerprint density at radius 3 is 2.61 bits per heavy atom. The van der Waals surface area contributed by atoms with Crippen molar-refractivity contribution in [3.8, 4) is 17.2 Å². The van der Waals surface area contributed by atoms with Crippen LogP contribution in [-0.2, 0) is 4.79 Å². The van der Waals surface area contributed by atoms with E-state index in [1.54, 1.807) is 7.11 Å². The van der Waals surface area contributed by atoms with E-state index in [0.717, 1.165) is 51.7 Å². The Morgan fingerprint density at radius 1 is 0.879 bits per heavy atom. The van der Waals surface area contributed by atoms with Gasteiger partial charge >= 0.3 is 0 Å². The normalized spacial score (nSPS) is 20.8. The number of hydrogen-bond acceptors (Lipinski definition) is 6. The second kappa shape index (κ2) is 7.89. The molecule has 0 radical (unpaired) electrons. The zero-order chi connectivity index (χ0) is 22.4. The number of rotatable bonds is 3. The third kappa shape index (κ3) is 3.48. The quantitative estimate of drug-likeness (QED) is 0.568. The number of hydrogen-bond donors (Lipinski definition) is 2. The lowest BCUT2D eigenvalue weighted by Gasteiger charge is -2.30. The summed E-state index contributed by atoms with van der Waals surface area (Å²) in [6.45, 7) is 0.219. The molecule has 0 saturated heterocycles. The van der Waals surface area contributed by atoms with Gasteiger partial charge in [-0.05, 0) is 59.9 Å². The fourth-order valence-corrected chi connectivity index (χ4v) is 4.97. The molecule has 0 bridgehead atoms. The largest absolute Gasteiger partial charge is 0.497 e. The molecule has 0 fully saturated rings. The van der Waals surface area contributed by atoms with Gasteiger partial charge in [-0.3, -0.25) is 4.79 Å². The predicted octanol–water partition coefficient (Wildman–Crippen LogP) is 5.40. The van der Waals surface area contributed by atoms with Crippen molar-refractivity contribution in [1.82, 2.24) is 0 Å². The fourth-order valence-electron chi connectivity index (χ4n) is 4.97. The Labute approximate surface area is 192 Å². The minimum absolute atomic E-state index is 0.0847. The topological polar surface area (TPSA) is 68.8 Å². The van der Waals surface area contributed by atoms with E-state index in [9.17, 15) is 4.79 Å². The van der Waals surface area contributed by atoms with Gasteiger partial charge in [-0.25, -0.2) is 0 Å². The average molecular weight is 440 g/mol. The van der Waals surface area contributed by atoms with E-state index in [2.05, 4.69) is 16.7 Å². The highest BCUT2D eigenvalue weighted by molar-refractivity contribution is 6.01. The van der Waals surface area contributed by atoms with E-state index in [1.807, 2.05) is 60.7 Å². The molecule has 6 nitrogen and oxygen atoms in total. The van der Waals surface area contributed by atoms with E-state index >= 15 is 0 Å². The Bertz CT molecular complexity index is 1280. The summed E-state index contributed by atoms with van der Waals surface area (Å²) in [7, 11) is 1.66. The molecule has 2 aliphatic heterocycles. The van der Waals surface area contributed by atoms with Gasteiger partial charge in [0.05, 0.1) is 24.5 Å². The lowest BCUT2D eigenvalue weighted by atomic mass is 9.78. The van der Waals surface area contributed by atoms with Gasteiger partial charge in [0, 0.05) is 17.7 Å². The first-order valence-electron chi connectivity index (χ1n) is 11.1. The van der Waals surface area contributed by atoms with Crippen molar-refractivity contribution in [2.45, 2.75) is 24.8 Å². The number of fused-ring (bicyclic) bond motifs is 2. The summed E-state index contributed by atoms with van der Waals surface area (Å²) in [5, 5.41) is 7.19. The van der Waals surface area contributed by atoms with E-state index < -0.39 is 0 Å². The molecule has 33 heavy (non-hydrogen) atoms. The smallest absolute Gasteiger partial charge is 0.231 e. The third-order valence-electron chi connectivity index (χ3n) is 6.60. The molecule has 2 heterocycles. The minimum Gasteiger partial charge on any atom is -0.497 e. The second-order valence-electron chi connectivity index (χ2n) is 8.56. The van der Waals surface area contributed by atoms with Gasteiger partial charge in [0.25, 0.3) is 0 Å². The molecule has 0 unspecified atom stereocenters. The van der Waals surface area contributed by atoms with Crippen LogP contribution >= 0.6 is 0 Å². The SMILES string of the molecule is COc1cccc([C@H]2CC(=O)C3=C(C2)Nc2ccccc2N[C@H]3c2ccc3c(c2)OCO3)c1. The minimum atomic E-state index is -0.288. The monoisotopic (exact) mass is 440 g/mol. The van der Waals surface area contributed by atoms with E-state index in [1.165, 1.54) is 0 Å². The first-order chi connectivity index (χ1) is 16.2. The highest BCUT2D eigenvalue weighted by Crippen LogP contribution is 2.46. The van der Waals surface area contributed by atoms with Crippen LogP contribution in [0.5, 0.6) is 17.2 Å². The number of methoxy groups -OCH3 is 1. The zero-order valence-corrected chi connectivity index (χ0v) is 18.3. The van der Waals surface area contributed by atoms with Crippen molar-refractivity contribution in [2.75, 3.05) is 24.5 Å². The summed E-state index contributed by atoms with van der Waals surface area (Å²) < 4.78 is 16.5. The summed E-state index contributed by atoms with van der Waals surface area (Å²) >= 11 is 0. The summed E-state index contributed by atoms with van der Waals surface area (Å²) in [6.07, 6.45) is 1.19. The highest BCUT2D eigenvalue weighted by Gasteiger charge is 2.36.